The van der Waals surface area contributed by atoms with Crippen molar-refractivity contribution >= 4 is 23.2 Å². The summed E-state index contributed by atoms with van der Waals surface area (Å²) >= 11 is 12.4. The van der Waals surface area contributed by atoms with Gasteiger partial charge in [-0.05, 0) is 47.7 Å². The maximum Gasteiger partial charge on any atom is 0.238 e. The molecule has 0 aliphatic carbocycles. The van der Waals surface area contributed by atoms with E-state index in [0.29, 0.717) is 29.1 Å². The van der Waals surface area contributed by atoms with E-state index < -0.39 is 0 Å². The number of hydrogen-bond donors (Lipinski definition) is 1. The lowest BCUT2D eigenvalue weighted by molar-refractivity contribution is 0.458. The van der Waals surface area contributed by atoms with Gasteiger partial charge in [0.2, 0.25) is 5.88 Å². The van der Waals surface area contributed by atoms with Crippen LogP contribution >= 0.6 is 23.2 Å². The normalized spacial score (nSPS) is 11.0. The van der Waals surface area contributed by atoms with Crippen molar-refractivity contribution in [2.45, 2.75) is 33.2 Å². The first kappa shape index (κ1) is 16.1. The molecule has 2 aromatic rings. The summed E-state index contributed by atoms with van der Waals surface area (Å²) in [4.78, 5) is 4.22. The molecule has 5 heteroatoms. The Morgan fingerprint density at radius 1 is 1.19 bits per heavy atom. The molecule has 21 heavy (non-hydrogen) atoms. The molecule has 0 spiro atoms. The third-order valence-corrected chi connectivity index (χ3v) is 3.82. The number of aryl methyl sites for hydroxylation is 1. The highest BCUT2D eigenvalue weighted by Crippen LogP contribution is 2.35. The highest BCUT2D eigenvalue weighted by atomic mass is 35.5. The molecule has 112 valence electrons. The number of nitrogens with two attached hydrogens (primary N) is 1. The Morgan fingerprint density at radius 3 is 2.48 bits per heavy atom. The smallest absolute Gasteiger partial charge is 0.238 e. The van der Waals surface area contributed by atoms with Crippen LogP contribution < -0.4 is 10.5 Å². The van der Waals surface area contributed by atoms with E-state index in [4.69, 9.17) is 33.7 Å². The fourth-order valence-electron chi connectivity index (χ4n) is 1.98. The first-order valence-corrected chi connectivity index (χ1v) is 7.50. The second kappa shape index (κ2) is 6.65. The molecule has 3 nitrogen and oxygen atoms in total. The molecule has 0 bridgehead atoms. The monoisotopic (exact) mass is 324 g/mol. The SMILES string of the molecule is Cc1cc(Cl)c(C(C)C)cc1Oc1ncc(CN)cc1Cl. The molecule has 2 N–H and O–H groups in total. The summed E-state index contributed by atoms with van der Waals surface area (Å²) < 4.78 is 5.84. The predicted molar refractivity (Wildman–Crippen MR) is 87.5 cm³/mol. The van der Waals surface area contributed by atoms with Gasteiger partial charge < -0.3 is 10.5 Å². The molecule has 0 aliphatic heterocycles. The van der Waals surface area contributed by atoms with E-state index in [2.05, 4.69) is 18.8 Å². The summed E-state index contributed by atoms with van der Waals surface area (Å²) in [5, 5.41) is 1.19. The van der Waals surface area contributed by atoms with Gasteiger partial charge in [-0.25, -0.2) is 4.98 Å². The number of pyridine rings is 1. The Balaban J connectivity index is 2.37. The van der Waals surface area contributed by atoms with Crippen molar-refractivity contribution in [2.24, 2.45) is 5.73 Å². The fraction of sp³-hybridized carbons (Fsp3) is 0.312. The van der Waals surface area contributed by atoms with E-state index in [-0.39, 0.29) is 0 Å². The molecule has 0 saturated heterocycles. The maximum atomic E-state index is 6.26. The molecule has 0 saturated carbocycles. The molecule has 0 fully saturated rings. The summed E-state index contributed by atoms with van der Waals surface area (Å²) in [5.74, 6) is 1.38. The van der Waals surface area contributed by atoms with Crippen molar-refractivity contribution in [1.29, 1.82) is 0 Å². The molecule has 2 rings (SSSR count). The summed E-state index contributed by atoms with van der Waals surface area (Å²) in [6.45, 7) is 6.50. The summed E-state index contributed by atoms with van der Waals surface area (Å²) in [7, 11) is 0. The standard InChI is InChI=1S/C16H18Cl2N2O/c1-9(2)12-6-15(10(3)4-13(12)17)21-16-14(18)5-11(7-19)8-20-16/h4-6,8-9H,7,19H2,1-3H3. The van der Waals surface area contributed by atoms with Gasteiger partial charge >= 0.3 is 0 Å². The molecule has 0 radical (unpaired) electrons. The lowest BCUT2D eigenvalue weighted by atomic mass is 10.0. The molecule has 0 atom stereocenters. The van der Waals surface area contributed by atoms with Gasteiger partial charge in [0, 0.05) is 17.8 Å². The fourth-order valence-corrected chi connectivity index (χ4v) is 2.64. The first-order chi connectivity index (χ1) is 9.92. The van der Waals surface area contributed by atoms with Gasteiger partial charge in [-0.1, -0.05) is 37.0 Å². The number of ether oxygens (including phenoxy) is 1. The Labute approximate surface area is 135 Å². The van der Waals surface area contributed by atoms with Crippen molar-refractivity contribution in [2.75, 3.05) is 0 Å². The number of nitrogens with zero attached hydrogens (tertiary/aromatic N) is 1. The minimum absolute atomic E-state index is 0.309. The first-order valence-electron chi connectivity index (χ1n) is 6.74. The highest BCUT2D eigenvalue weighted by molar-refractivity contribution is 6.32. The molecule has 0 aliphatic rings. The molecular weight excluding hydrogens is 307 g/mol. The van der Waals surface area contributed by atoms with Crippen LogP contribution in [-0.4, -0.2) is 4.98 Å². The molecule has 1 aromatic carbocycles. The predicted octanol–water partition coefficient (Wildman–Crippen LogP) is 5.07. The van der Waals surface area contributed by atoms with Crippen LogP contribution in [0, 0.1) is 6.92 Å². The van der Waals surface area contributed by atoms with Crippen LogP contribution in [0.1, 0.15) is 36.5 Å². The average molecular weight is 325 g/mol. The molecule has 0 amide bonds. The van der Waals surface area contributed by atoms with E-state index in [1.54, 1.807) is 12.3 Å². The van der Waals surface area contributed by atoms with Crippen molar-refractivity contribution in [3.8, 4) is 11.6 Å². The Hall–Kier alpha value is -1.29. The zero-order chi connectivity index (χ0) is 15.6. The topological polar surface area (TPSA) is 48.1 Å². The zero-order valence-corrected chi connectivity index (χ0v) is 13.8. The summed E-state index contributed by atoms with van der Waals surface area (Å²) in [6.07, 6.45) is 1.66. The lowest BCUT2D eigenvalue weighted by Gasteiger charge is -2.14. The van der Waals surface area contributed by atoms with Crippen molar-refractivity contribution in [3.05, 3.63) is 51.1 Å². The number of benzene rings is 1. The quantitative estimate of drug-likeness (QED) is 0.853. The van der Waals surface area contributed by atoms with Crippen LogP contribution in [0.4, 0.5) is 0 Å². The highest BCUT2D eigenvalue weighted by Gasteiger charge is 2.13. The van der Waals surface area contributed by atoms with Gasteiger partial charge in [0.25, 0.3) is 0 Å². The van der Waals surface area contributed by atoms with Crippen LogP contribution in [0.25, 0.3) is 0 Å². The molecule has 1 heterocycles. The van der Waals surface area contributed by atoms with Crippen LogP contribution in [-0.2, 0) is 6.54 Å². The number of hydrogen-bond acceptors (Lipinski definition) is 3. The Morgan fingerprint density at radius 2 is 1.90 bits per heavy atom. The van der Waals surface area contributed by atoms with E-state index in [9.17, 15) is 0 Å². The number of halogens is 2. The van der Waals surface area contributed by atoms with Gasteiger partial charge in [-0.3, -0.25) is 0 Å². The summed E-state index contributed by atoms with van der Waals surface area (Å²) in [5.41, 5.74) is 8.39. The van der Waals surface area contributed by atoms with E-state index in [0.717, 1.165) is 21.7 Å². The maximum absolute atomic E-state index is 6.26. The van der Waals surface area contributed by atoms with Gasteiger partial charge in [0.1, 0.15) is 10.8 Å². The second-order valence-corrected chi connectivity index (χ2v) is 6.05. The molecule has 0 unspecified atom stereocenters. The minimum atomic E-state index is 0.309. The van der Waals surface area contributed by atoms with Gasteiger partial charge in [-0.15, -0.1) is 0 Å². The number of rotatable bonds is 4. The largest absolute Gasteiger partial charge is 0.437 e. The molecule has 1 aromatic heterocycles. The van der Waals surface area contributed by atoms with Crippen molar-refractivity contribution < 1.29 is 4.74 Å². The van der Waals surface area contributed by atoms with Gasteiger partial charge in [0.05, 0.1) is 0 Å². The third-order valence-electron chi connectivity index (χ3n) is 3.22. The van der Waals surface area contributed by atoms with Crippen LogP contribution in [0.15, 0.2) is 24.4 Å². The van der Waals surface area contributed by atoms with Crippen molar-refractivity contribution in [3.63, 3.8) is 0 Å². The Bertz CT molecular complexity index is 657. The van der Waals surface area contributed by atoms with Gasteiger partial charge in [0.15, 0.2) is 0 Å². The van der Waals surface area contributed by atoms with Crippen molar-refractivity contribution in [1.82, 2.24) is 4.98 Å². The van der Waals surface area contributed by atoms with Crippen LogP contribution in [0.2, 0.25) is 10.0 Å². The average Bonchev–Trinajstić information content (AvgIpc) is 2.43. The lowest BCUT2D eigenvalue weighted by Crippen LogP contribution is -1.99. The second-order valence-electron chi connectivity index (χ2n) is 5.23. The Kier molecular flexibility index (Phi) is 5.09. The minimum Gasteiger partial charge on any atom is -0.437 e. The van der Waals surface area contributed by atoms with E-state index >= 15 is 0 Å². The van der Waals surface area contributed by atoms with E-state index in [1.807, 2.05) is 19.1 Å². The molecular formula is C16H18Cl2N2O. The van der Waals surface area contributed by atoms with E-state index in [1.165, 1.54) is 0 Å². The summed E-state index contributed by atoms with van der Waals surface area (Å²) in [6, 6.07) is 5.60. The van der Waals surface area contributed by atoms with Gasteiger partial charge in [-0.2, -0.15) is 0 Å². The van der Waals surface area contributed by atoms with Crippen LogP contribution in [0.3, 0.4) is 0 Å². The third kappa shape index (κ3) is 3.67. The van der Waals surface area contributed by atoms with Crippen LogP contribution in [0.5, 0.6) is 11.6 Å². The zero-order valence-electron chi connectivity index (χ0n) is 12.3. The number of aromatic nitrogens is 1.